The predicted molar refractivity (Wildman–Crippen MR) is 94.8 cm³/mol. The molecule has 24 heavy (non-hydrogen) atoms. The second-order valence-corrected chi connectivity index (χ2v) is 5.22. The maximum Gasteiger partial charge on any atom is 0.226 e. The fourth-order valence-electron chi connectivity index (χ4n) is 2.10. The highest BCUT2D eigenvalue weighted by Gasteiger charge is 2.14. The monoisotopic (exact) mass is 349 g/mol. The van der Waals surface area contributed by atoms with Crippen molar-refractivity contribution in [2.24, 2.45) is 5.73 Å². The number of pyridine rings is 1. The molecule has 0 aliphatic carbocycles. The smallest absolute Gasteiger partial charge is 0.226 e. The van der Waals surface area contributed by atoms with Gasteiger partial charge in [0.15, 0.2) is 5.78 Å². The van der Waals surface area contributed by atoms with Gasteiger partial charge in [-0.3, -0.25) is 14.6 Å². The quantitative estimate of drug-likeness (QED) is 0.781. The number of anilines is 1. The first-order chi connectivity index (χ1) is 11.0. The van der Waals surface area contributed by atoms with E-state index in [1.807, 2.05) is 0 Å². The van der Waals surface area contributed by atoms with Gasteiger partial charge in [-0.2, -0.15) is 0 Å². The number of halogens is 1. The molecule has 2 aromatic rings. The Morgan fingerprint density at radius 2 is 2.04 bits per heavy atom. The summed E-state index contributed by atoms with van der Waals surface area (Å²) in [7, 11) is 1.50. The summed E-state index contributed by atoms with van der Waals surface area (Å²) in [5, 5.41) is 2.73. The molecule has 1 unspecified atom stereocenters. The van der Waals surface area contributed by atoms with Crippen LogP contribution in [-0.2, 0) is 4.79 Å². The number of hydrogen-bond donors (Lipinski definition) is 2. The highest BCUT2D eigenvalue weighted by molar-refractivity contribution is 6.09. The van der Waals surface area contributed by atoms with Gasteiger partial charge in [-0.15, -0.1) is 12.4 Å². The number of hydrogen-bond acceptors (Lipinski definition) is 5. The van der Waals surface area contributed by atoms with E-state index >= 15 is 0 Å². The second-order valence-electron chi connectivity index (χ2n) is 5.22. The molecule has 2 rings (SSSR count). The van der Waals surface area contributed by atoms with Crippen LogP contribution >= 0.6 is 12.4 Å². The number of carbonyl (C=O) groups is 2. The average Bonchev–Trinajstić information content (AvgIpc) is 2.54. The molecule has 0 aliphatic heterocycles. The number of ketones is 1. The van der Waals surface area contributed by atoms with Crippen LogP contribution in [0.2, 0.25) is 0 Å². The summed E-state index contributed by atoms with van der Waals surface area (Å²) in [6.45, 7) is 1.75. The van der Waals surface area contributed by atoms with Crippen LogP contribution in [0.3, 0.4) is 0 Å². The van der Waals surface area contributed by atoms with Gasteiger partial charge in [-0.1, -0.05) is 0 Å². The molecule has 6 nitrogen and oxygen atoms in total. The fourth-order valence-corrected chi connectivity index (χ4v) is 2.10. The molecular weight excluding hydrogens is 330 g/mol. The number of methoxy groups -OCH3 is 1. The van der Waals surface area contributed by atoms with Crippen molar-refractivity contribution in [2.45, 2.75) is 19.4 Å². The molecule has 0 bridgehead atoms. The first-order valence-electron chi connectivity index (χ1n) is 7.19. The van der Waals surface area contributed by atoms with Gasteiger partial charge >= 0.3 is 0 Å². The van der Waals surface area contributed by atoms with Crippen molar-refractivity contribution in [3.05, 3.63) is 53.9 Å². The summed E-state index contributed by atoms with van der Waals surface area (Å²) in [6.07, 6.45) is 3.29. The third-order valence-electron chi connectivity index (χ3n) is 3.17. The van der Waals surface area contributed by atoms with Crippen LogP contribution in [0.5, 0.6) is 5.75 Å². The minimum Gasteiger partial charge on any atom is -0.495 e. The predicted octanol–water partition coefficient (Wildman–Crippen LogP) is 2.42. The lowest BCUT2D eigenvalue weighted by molar-refractivity contribution is -0.116. The van der Waals surface area contributed by atoms with Crippen molar-refractivity contribution >= 4 is 29.8 Å². The molecule has 0 aliphatic rings. The fraction of sp³-hybridized carbons (Fsp3) is 0.235. The molecular formula is C17H20ClN3O3. The van der Waals surface area contributed by atoms with E-state index in [0.29, 0.717) is 22.6 Å². The summed E-state index contributed by atoms with van der Waals surface area (Å²) in [5.41, 5.74) is 6.97. The largest absolute Gasteiger partial charge is 0.495 e. The maximum absolute atomic E-state index is 12.4. The number of nitrogens with two attached hydrogens (primary N) is 1. The minimum absolute atomic E-state index is 0. The molecule has 0 saturated carbocycles. The summed E-state index contributed by atoms with van der Waals surface area (Å²) < 4.78 is 5.22. The Bertz CT molecular complexity index is 705. The molecule has 0 fully saturated rings. The van der Waals surface area contributed by atoms with Crippen LogP contribution in [0.15, 0.2) is 42.7 Å². The SMILES string of the molecule is COc1ccc(C(=O)c2cccnc2)cc1NC(=O)CC(C)N.Cl. The zero-order chi connectivity index (χ0) is 16.8. The lowest BCUT2D eigenvalue weighted by Gasteiger charge is -2.12. The summed E-state index contributed by atoms with van der Waals surface area (Å²) in [5.74, 6) is 0.0680. The Morgan fingerprint density at radius 3 is 2.62 bits per heavy atom. The van der Waals surface area contributed by atoms with Gasteiger partial charge in [0.25, 0.3) is 0 Å². The minimum atomic E-state index is -0.249. The second kappa shape index (κ2) is 9.00. The maximum atomic E-state index is 12.4. The van der Waals surface area contributed by atoms with Crippen molar-refractivity contribution in [3.63, 3.8) is 0 Å². The molecule has 0 spiro atoms. The van der Waals surface area contributed by atoms with Gasteiger partial charge in [0, 0.05) is 36.0 Å². The Balaban J connectivity index is 0.00000288. The average molecular weight is 350 g/mol. The topological polar surface area (TPSA) is 94.3 Å². The first-order valence-corrected chi connectivity index (χ1v) is 7.19. The molecule has 7 heteroatoms. The number of ether oxygens (including phenoxy) is 1. The lowest BCUT2D eigenvalue weighted by Crippen LogP contribution is -2.24. The van der Waals surface area contributed by atoms with Crippen LogP contribution in [0.1, 0.15) is 29.3 Å². The highest BCUT2D eigenvalue weighted by Crippen LogP contribution is 2.26. The van der Waals surface area contributed by atoms with Crippen molar-refractivity contribution < 1.29 is 14.3 Å². The number of benzene rings is 1. The van der Waals surface area contributed by atoms with E-state index in [1.54, 1.807) is 43.5 Å². The van der Waals surface area contributed by atoms with Crippen LogP contribution < -0.4 is 15.8 Å². The summed E-state index contributed by atoms with van der Waals surface area (Å²) in [4.78, 5) is 28.3. The van der Waals surface area contributed by atoms with Gasteiger partial charge in [0.2, 0.25) is 5.91 Å². The van der Waals surface area contributed by atoms with Crippen molar-refractivity contribution in [1.82, 2.24) is 4.98 Å². The zero-order valence-electron chi connectivity index (χ0n) is 13.5. The molecule has 1 aromatic carbocycles. The van der Waals surface area contributed by atoms with E-state index in [1.165, 1.54) is 13.3 Å². The highest BCUT2D eigenvalue weighted by atomic mass is 35.5. The van der Waals surface area contributed by atoms with Gasteiger partial charge in [0.1, 0.15) is 5.75 Å². The van der Waals surface area contributed by atoms with E-state index in [4.69, 9.17) is 10.5 Å². The molecule has 1 amide bonds. The molecule has 3 N–H and O–H groups in total. The standard InChI is InChI=1S/C17H19N3O3.ClH/c1-11(18)8-16(21)20-14-9-12(5-6-15(14)23-2)17(22)13-4-3-7-19-10-13;/h3-7,9-11H,8,18H2,1-2H3,(H,20,21);1H. The number of carbonyl (C=O) groups excluding carboxylic acids is 2. The Labute approximate surface area is 146 Å². The zero-order valence-corrected chi connectivity index (χ0v) is 14.3. The number of rotatable bonds is 6. The van der Waals surface area contributed by atoms with Crippen LogP contribution in [0.25, 0.3) is 0 Å². The molecule has 1 aromatic heterocycles. The number of amides is 1. The molecule has 128 valence electrons. The van der Waals surface area contributed by atoms with E-state index in [2.05, 4.69) is 10.3 Å². The number of nitrogens with one attached hydrogen (secondary N) is 1. The van der Waals surface area contributed by atoms with Gasteiger partial charge < -0.3 is 15.8 Å². The van der Waals surface area contributed by atoms with E-state index < -0.39 is 0 Å². The molecule has 1 heterocycles. The molecule has 1 atom stereocenters. The Hall–Kier alpha value is -2.44. The van der Waals surface area contributed by atoms with Crippen LogP contribution in [-0.4, -0.2) is 29.8 Å². The van der Waals surface area contributed by atoms with Gasteiger partial charge in [-0.05, 0) is 37.3 Å². The normalized spacial score (nSPS) is 11.1. The third-order valence-corrected chi connectivity index (χ3v) is 3.17. The Kier molecular flexibility index (Phi) is 7.35. The van der Waals surface area contributed by atoms with Gasteiger partial charge in [-0.25, -0.2) is 0 Å². The van der Waals surface area contributed by atoms with Gasteiger partial charge in [0.05, 0.1) is 12.8 Å². The van der Waals surface area contributed by atoms with Crippen molar-refractivity contribution in [3.8, 4) is 5.75 Å². The van der Waals surface area contributed by atoms with Crippen LogP contribution in [0.4, 0.5) is 5.69 Å². The summed E-state index contributed by atoms with van der Waals surface area (Å²) >= 11 is 0. The number of nitrogens with zero attached hydrogens (tertiary/aromatic N) is 1. The van der Waals surface area contributed by atoms with E-state index in [-0.39, 0.29) is 36.6 Å². The number of aromatic nitrogens is 1. The summed E-state index contributed by atoms with van der Waals surface area (Å²) in [6, 6.07) is 8.02. The van der Waals surface area contributed by atoms with E-state index in [9.17, 15) is 9.59 Å². The van der Waals surface area contributed by atoms with E-state index in [0.717, 1.165) is 0 Å². The lowest BCUT2D eigenvalue weighted by atomic mass is 10.0. The van der Waals surface area contributed by atoms with Crippen LogP contribution in [0, 0.1) is 0 Å². The first kappa shape index (κ1) is 19.6. The van der Waals surface area contributed by atoms with Crippen molar-refractivity contribution in [1.29, 1.82) is 0 Å². The van der Waals surface area contributed by atoms with Crippen molar-refractivity contribution in [2.75, 3.05) is 12.4 Å². The third kappa shape index (κ3) is 5.04. The molecule has 0 saturated heterocycles. The Morgan fingerprint density at radius 1 is 1.29 bits per heavy atom. The molecule has 0 radical (unpaired) electrons.